The topological polar surface area (TPSA) is 35.5 Å². The Balaban J connectivity index is 2.42. The third kappa shape index (κ3) is 4.35. The summed E-state index contributed by atoms with van der Waals surface area (Å²) in [5, 5.41) is 0. The first kappa shape index (κ1) is 14.5. The van der Waals surface area contributed by atoms with Crippen molar-refractivity contribution in [2.45, 2.75) is 20.8 Å². The first-order valence-electron chi connectivity index (χ1n) is 6.09. The Morgan fingerprint density at radius 2 is 1.89 bits per heavy atom. The van der Waals surface area contributed by atoms with Crippen molar-refractivity contribution in [3.05, 3.63) is 30.1 Å². The zero-order valence-electron chi connectivity index (χ0n) is 11.0. The van der Waals surface area contributed by atoms with E-state index in [2.05, 4.69) is 0 Å². The lowest BCUT2D eigenvalue weighted by atomic mass is 9.97. The summed E-state index contributed by atoms with van der Waals surface area (Å²) >= 11 is 0. The molecule has 1 aromatic rings. The maximum atomic E-state index is 12.7. The summed E-state index contributed by atoms with van der Waals surface area (Å²) < 4.78 is 23.1. The molecule has 0 radical (unpaired) electrons. The van der Waals surface area contributed by atoms with E-state index in [-0.39, 0.29) is 23.6 Å². The number of rotatable bonds is 6. The number of halogens is 1. The smallest absolute Gasteiger partial charge is 0.309 e. The molecule has 100 valence electrons. The Morgan fingerprint density at radius 3 is 2.44 bits per heavy atom. The second-order valence-electron chi connectivity index (χ2n) is 4.28. The molecular weight excluding hydrogens is 235 g/mol. The SMILES string of the molecule is CCOC(=O)C(C)C(C)COc1ccc(F)cc1. The summed E-state index contributed by atoms with van der Waals surface area (Å²) in [6.07, 6.45) is 0. The van der Waals surface area contributed by atoms with Gasteiger partial charge in [0.15, 0.2) is 0 Å². The summed E-state index contributed by atoms with van der Waals surface area (Å²) in [6, 6.07) is 5.82. The van der Waals surface area contributed by atoms with E-state index in [1.54, 1.807) is 19.1 Å². The highest BCUT2D eigenvalue weighted by atomic mass is 19.1. The van der Waals surface area contributed by atoms with Gasteiger partial charge in [-0.3, -0.25) is 4.79 Å². The van der Waals surface area contributed by atoms with Crippen molar-refractivity contribution < 1.29 is 18.7 Å². The molecule has 2 unspecified atom stereocenters. The Kier molecular flexibility index (Phi) is 5.62. The zero-order valence-corrected chi connectivity index (χ0v) is 11.0. The standard InChI is InChI=1S/C14H19FO3/c1-4-17-14(16)11(3)10(2)9-18-13-7-5-12(15)6-8-13/h5-8,10-11H,4,9H2,1-3H3. The van der Waals surface area contributed by atoms with Gasteiger partial charge in [-0.1, -0.05) is 13.8 Å². The maximum Gasteiger partial charge on any atom is 0.309 e. The predicted octanol–water partition coefficient (Wildman–Crippen LogP) is 3.04. The van der Waals surface area contributed by atoms with Gasteiger partial charge in [0, 0.05) is 5.92 Å². The summed E-state index contributed by atoms with van der Waals surface area (Å²) in [7, 11) is 0. The minimum absolute atomic E-state index is 0.0362. The van der Waals surface area contributed by atoms with Crippen molar-refractivity contribution >= 4 is 5.97 Å². The molecule has 0 aromatic heterocycles. The van der Waals surface area contributed by atoms with Crippen LogP contribution in [0.2, 0.25) is 0 Å². The molecule has 0 heterocycles. The third-order valence-corrected chi connectivity index (χ3v) is 2.84. The zero-order chi connectivity index (χ0) is 13.5. The summed E-state index contributed by atoms with van der Waals surface area (Å²) in [6.45, 7) is 6.30. The average Bonchev–Trinajstić information content (AvgIpc) is 2.37. The lowest BCUT2D eigenvalue weighted by molar-refractivity contribution is -0.149. The van der Waals surface area contributed by atoms with Crippen LogP contribution >= 0.6 is 0 Å². The van der Waals surface area contributed by atoms with Gasteiger partial charge in [0.05, 0.1) is 19.1 Å². The van der Waals surface area contributed by atoms with Crippen molar-refractivity contribution in [2.75, 3.05) is 13.2 Å². The number of hydrogen-bond donors (Lipinski definition) is 0. The fourth-order valence-electron chi connectivity index (χ4n) is 1.41. The number of benzene rings is 1. The normalized spacial score (nSPS) is 13.8. The van der Waals surface area contributed by atoms with Crippen molar-refractivity contribution in [1.29, 1.82) is 0 Å². The second kappa shape index (κ2) is 6.99. The van der Waals surface area contributed by atoms with E-state index >= 15 is 0 Å². The van der Waals surface area contributed by atoms with Crippen LogP contribution in [-0.2, 0) is 9.53 Å². The van der Waals surface area contributed by atoms with E-state index < -0.39 is 0 Å². The molecule has 0 aliphatic rings. The predicted molar refractivity (Wildman–Crippen MR) is 66.9 cm³/mol. The van der Waals surface area contributed by atoms with E-state index in [1.807, 2.05) is 13.8 Å². The number of carbonyl (C=O) groups excluding carboxylic acids is 1. The van der Waals surface area contributed by atoms with Gasteiger partial charge in [-0.05, 0) is 31.2 Å². The highest BCUT2D eigenvalue weighted by molar-refractivity contribution is 5.72. The van der Waals surface area contributed by atoms with Crippen LogP contribution in [0.4, 0.5) is 4.39 Å². The van der Waals surface area contributed by atoms with Crippen LogP contribution in [0.15, 0.2) is 24.3 Å². The van der Waals surface area contributed by atoms with Crippen LogP contribution in [0.3, 0.4) is 0 Å². The molecule has 1 aromatic carbocycles. The van der Waals surface area contributed by atoms with Crippen molar-refractivity contribution in [2.24, 2.45) is 11.8 Å². The minimum atomic E-state index is -0.296. The number of carbonyl (C=O) groups is 1. The molecule has 0 spiro atoms. The second-order valence-corrected chi connectivity index (χ2v) is 4.28. The van der Waals surface area contributed by atoms with Gasteiger partial charge in [-0.2, -0.15) is 0 Å². The molecular formula is C14H19FO3. The molecule has 0 saturated carbocycles. The van der Waals surface area contributed by atoms with Gasteiger partial charge in [0.25, 0.3) is 0 Å². The van der Waals surface area contributed by atoms with Gasteiger partial charge < -0.3 is 9.47 Å². The van der Waals surface area contributed by atoms with E-state index in [4.69, 9.17) is 9.47 Å². The van der Waals surface area contributed by atoms with Crippen molar-refractivity contribution in [1.82, 2.24) is 0 Å². The molecule has 4 heteroatoms. The quantitative estimate of drug-likeness (QED) is 0.732. The van der Waals surface area contributed by atoms with Crippen LogP contribution < -0.4 is 4.74 Å². The molecule has 0 saturated heterocycles. The number of esters is 1. The third-order valence-electron chi connectivity index (χ3n) is 2.84. The number of ether oxygens (including phenoxy) is 2. The van der Waals surface area contributed by atoms with E-state index in [0.717, 1.165) is 0 Å². The molecule has 3 nitrogen and oxygen atoms in total. The molecule has 0 aliphatic carbocycles. The minimum Gasteiger partial charge on any atom is -0.493 e. The van der Waals surface area contributed by atoms with E-state index in [1.165, 1.54) is 12.1 Å². The first-order valence-corrected chi connectivity index (χ1v) is 6.09. The van der Waals surface area contributed by atoms with Crippen LogP contribution in [0, 0.1) is 17.7 Å². The van der Waals surface area contributed by atoms with Crippen LogP contribution in [0.25, 0.3) is 0 Å². The molecule has 1 rings (SSSR count). The van der Waals surface area contributed by atoms with Crippen LogP contribution in [-0.4, -0.2) is 19.2 Å². The van der Waals surface area contributed by atoms with Gasteiger partial charge in [-0.15, -0.1) is 0 Å². The first-order chi connectivity index (χ1) is 8.54. The molecule has 0 aliphatic heterocycles. The van der Waals surface area contributed by atoms with E-state index in [0.29, 0.717) is 19.0 Å². The molecule has 0 fully saturated rings. The Labute approximate surface area is 107 Å². The van der Waals surface area contributed by atoms with E-state index in [9.17, 15) is 9.18 Å². The van der Waals surface area contributed by atoms with Crippen LogP contribution in [0.5, 0.6) is 5.75 Å². The van der Waals surface area contributed by atoms with Crippen molar-refractivity contribution in [3.63, 3.8) is 0 Å². The van der Waals surface area contributed by atoms with Crippen LogP contribution in [0.1, 0.15) is 20.8 Å². The Morgan fingerprint density at radius 1 is 1.28 bits per heavy atom. The molecule has 0 N–H and O–H groups in total. The average molecular weight is 254 g/mol. The molecule has 2 atom stereocenters. The van der Waals surface area contributed by atoms with Gasteiger partial charge >= 0.3 is 5.97 Å². The molecule has 18 heavy (non-hydrogen) atoms. The lowest BCUT2D eigenvalue weighted by Gasteiger charge is -2.18. The fourth-order valence-corrected chi connectivity index (χ4v) is 1.41. The Hall–Kier alpha value is -1.58. The maximum absolute atomic E-state index is 12.7. The molecule has 0 bridgehead atoms. The summed E-state index contributed by atoms with van der Waals surface area (Å²) in [5.41, 5.74) is 0. The highest BCUT2D eigenvalue weighted by Crippen LogP contribution is 2.17. The van der Waals surface area contributed by atoms with Gasteiger partial charge in [0.2, 0.25) is 0 Å². The summed E-state index contributed by atoms with van der Waals surface area (Å²) in [5.74, 6) is -0.0955. The monoisotopic (exact) mass is 254 g/mol. The fraction of sp³-hybridized carbons (Fsp3) is 0.500. The lowest BCUT2D eigenvalue weighted by Crippen LogP contribution is -2.25. The van der Waals surface area contributed by atoms with Gasteiger partial charge in [0.1, 0.15) is 11.6 Å². The largest absolute Gasteiger partial charge is 0.493 e. The molecule has 0 amide bonds. The van der Waals surface area contributed by atoms with Crippen molar-refractivity contribution in [3.8, 4) is 5.75 Å². The Bertz CT molecular complexity index is 375. The summed E-state index contributed by atoms with van der Waals surface area (Å²) in [4.78, 5) is 11.5. The highest BCUT2D eigenvalue weighted by Gasteiger charge is 2.21. The number of hydrogen-bond acceptors (Lipinski definition) is 3. The van der Waals surface area contributed by atoms with Gasteiger partial charge in [-0.25, -0.2) is 4.39 Å².